The quantitative estimate of drug-likeness (QED) is 0.439. The number of ether oxygens (including phenoxy) is 1. The van der Waals surface area contributed by atoms with Crippen molar-refractivity contribution in [3.8, 4) is 5.75 Å². The van der Waals surface area contributed by atoms with Gasteiger partial charge in [0.2, 0.25) is 0 Å². The summed E-state index contributed by atoms with van der Waals surface area (Å²) in [6.45, 7) is 3.57. The van der Waals surface area contributed by atoms with Crippen LogP contribution in [0.2, 0.25) is 0 Å². The fraction of sp³-hybridized carbons (Fsp3) is 0.333. The van der Waals surface area contributed by atoms with Crippen molar-refractivity contribution >= 4 is 23.5 Å². The maximum absolute atomic E-state index is 12.0. The molecule has 0 spiro atoms. The van der Waals surface area contributed by atoms with Crippen LogP contribution >= 0.6 is 0 Å². The van der Waals surface area contributed by atoms with Crippen LogP contribution in [-0.4, -0.2) is 36.7 Å². The number of nitrogens with zero attached hydrogens (tertiary/aromatic N) is 3. The average Bonchev–Trinajstić information content (AvgIpc) is 2.73. The minimum absolute atomic E-state index is 0.0127. The second-order valence-electron chi connectivity index (χ2n) is 6.95. The molecule has 2 aromatic carbocycles. The van der Waals surface area contributed by atoms with Crippen molar-refractivity contribution in [2.45, 2.75) is 26.2 Å². The molecule has 1 saturated heterocycles. The second kappa shape index (κ2) is 9.68. The predicted octanol–water partition coefficient (Wildman–Crippen LogP) is 3.42. The molecule has 0 radical (unpaired) electrons. The molecule has 0 saturated carbocycles. The molecule has 1 amide bonds. The van der Waals surface area contributed by atoms with E-state index < -0.39 is 10.8 Å². The number of amides is 1. The number of anilines is 1. The first kappa shape index (κ1) is 20.3. The van der Waals surface area contributed by atoms with Gasteiger partial charge in [0.1, 0.15) is 5.75 Å². The zero-order chi connectivity index (χ0) is 20.6. The Balaban J connectivity index is 1.65. The van der Waals surface area contributed by atoms with E-state index in [1.165, 1.54) is 24.8 Å². The van der Waals surface area contributed by atoms with Crippen molar-refractivity contribution in [1.82, 2.24) is 5.43 Å². The van der Waals surface area contributed by atoms with Crippen LogP contribution in [0.15, 0.2) is 47.6 Å². The highest BCUT2D eigenvalue weighted by Crippen LogP contribution is 2.26. The summed E-state index contributed by atoms with van der Waals surface area (Å²) in [5, 5.41) is 15.1. The molecule has 0 bridgehead atoms. The van der Waals surface area contributed by atoms with E-state index in [2.05, 4.69) is 15.4 Å². The lowest BCUT2D eigenvalue weighted by Gasteiger charge is -2.29. The molecule has 1 N–H and O–H groups in total. The summed E-state index contributed by atoms with van der Waals surface area (Å²) < 4.78 is 5.44. The van der Waals surface area contributed by atoms with Gasteiger partial charge in [0.05, 0.1) is 11.1 Å². The molecule has 0 unspecified atom stereocenters. The van der Waals surface area contributed by atoms with Crippen LogP contribution in [0.25, 0.3) is 0 Å². The highest BCUT2D eigenvalue weighted by atomic mass is 16.6. The van der Waals surface area contributed by atoms with Gasteiger partial charge in [0.15, 0.2) is 6.61 Å². The lowest BCUT2D eigenvalue weighted by molar-refractivity contribution is -0.384. The Bertz CT molecular complexity index is 907. The highest BCUT2D eigenvalue weighted by molar-refractivity contribution is 5.90. The summed E-state index contributed by atoms with van der Waals surface area (Å²) >= 11 is 0. The van der Waals surface area contributed by atoms with Crippen LogP contribution in [0.5, 0.6) is 5.75 Å². The van der Waals surface area contributed by atoms with Crippen LogP contribution in [0.4, 0.5) is 11.4 Å². The lowest BCUT2D eigenvalue weighted by atomic mass is 10.1. The summed E-state index contributed by atoms with van der Waals surface area (Å²) in [5.74, 6) is 0.197. The number of nitrogens with one attached hydrogen (secondary N) is 1. The van der Waals surface area contributed by atoms with E-state index in [9.17, 15) is 14.9 Å². The van der Waals surface area contributed by atoms with Crippen LogP contribution in [0.1, 0.15) is 30.4 Å². The van der Waals surface area contributed by atoms with E-state index in [-0.39, 0.29) is 12.3 Å². The van der Waals surface area contributed by atoms with Crippen molar-refractivity contribution < 1.29 is 14.5 Å². The van der Waals surface area contributed by atoms with Crippen molar-refractivity contribution in [1.29, 1.82) is 0 Å². The van der Waals surface area contributed by atoms with Gasteiger partial charge in [0, 0.05) is 36.5 Å². The summed E-state index contributed by atoms with van der Waals surface area (Å²) in [5.41, 5.74) is 4.92. The number of hydrogen-bond donors (Lipinski definition) is 1. The minimum atomic E-state index is -0.439. The Morgan fingerprint density at radius 3 is 2.76 bits per heavy atom. The molecule has 29 heavy (non-hydrogen) atoms. The van der Waals surface area contributed by atoms with Crippen molar-refractivity contribution in [3.05, 3.63) is 63.7 Å². The normalized spacial score (nSPS) is 14.0. The molecule has 0 aromatic heterocycles. The first-order valence-electron chi connectivity index (χ1n) is 9.58. The van der Waals surface area contributed by atoms with E-state index in [1.807, 2.05) is 25.1 Å². The molecular weight excluding hydrogens is 372 g/mol. The number of carbonyl (C=O) groups is 1. The molecule has 3 rings (SSSR count). The van der Waals surface area contributed by atoms with Gasteiger partial charge < -0.3 is 9.64 Å². The number of hydrazone groups is 1. The van der Waals surface area contributed by atoms with Crippen molar-refractivity contribution in [3.63, 3.8) is 0 Å². The third-order valence-electron chi connectivity index (χ3n) is 4.67. The van der Waals surface area contributed by atoms with Gasteiger partial charge in [-0.05, 0) is 49.9 Å². The van der Waals surface area contributed by atoms with E-state index in [4.69, 9.17) is 4.74 Å². The maximum atomic E-state index is 12.0. The zero-order valence-corrected chi connectivity index (χ0v) is 16.3. The van der Waals surface area contributed by atoms with Gasteiger partial charge >= 0.3 is 0 Å². The Morgan fingerprint density at radius 2 is 2.03 bits per heavy atom. The molecule has 0 atom stereocenters. The van der Waals surface area contributed by atoms with Gasteiger partial charge in [0.25, 0.3) is 11.6 Å². The zero-order valence-electron chi connectivity index (χ0n) is 16.3. The minimum Gasteiger partial charge on any atom is -0.484 e. The number of nitro benzene ring substituents is 1. The third-order valence-corrected chi connectivity index (χ3v) is 4.67. The van der Waals surface area contributed by atoms with Crippen LogP contribution in [0, 0.1) is 17.0 Å². The highest BCUT2D eigenvalue weighted by Gasteiger charge is 2.17. The molecule has 0 aliphatic carbocycles. The van der Waals surface area contributed by atoms with Gasteiger partial charge in [-0.25, -0.2) is 5.43 Å². The first-order valence-corrected chi connectivity index (χ1v) is 9.58. The number of aryl methyl sites for hydroxylation is 1. The summed E-state index contributed by atoms with van der Waals surface area (Å²) in [7, 11) is 0. The Kier molecular flexibility index (Phi) is 6.78. The Hall–Kier alpha value is -3.42. The first-order chi connectivity index (χ1) is 14.0. The number of rotatable bonds is 7. The van der Waals surface area contributed by atoms with Gasteiger partial charge in [-0.15, -0.1) is 0 Å². The standard InChI is InChI=1S/C21H24N4O4/c1-16-6-5-7-19(12-16)29-15-21(26)23-22-14-17-13-18(25(27)28)8-9-20(17)24-10-3-2-4-11-24/h5-9,12-14H,2-4,10-11,15H2,1H3,(H,23,26)/b22-14+. The monoisotopic (exact) mass is 396 g/mol. The molecule has 1 heterocycles. The van der Waals surface area contributed by atoms with E-state index in [0.29, 0.717) is 11.3 Å². The molecular formula is C21H24N4O4. The molecule has 2 aromatic rings. The molecule has 152 valence electrons. The van der Waals surface area contributed by atoms with Gasteiger partial charge in [-0.2, -0.15) is 5.10 Å². The average molecular weight is 396 g/mol. The van der Waals surface area contributed by atoms with Gasteiger partial charge in [-0.1, -0.05) is 12.1 Å². The fourth-order valence-corrected chi connectivity index (χ4v) is 3.24. The van der Waals surface area contributed by atoms with Crippen LogP contribution in [0.3, 0.4) is 0 Å². The van der Waals surface area contributed by atoms with Crippen LogP contribution < -0.4 is 15.1 Å². The van der Waals surface area contributed by atoms with E-state index >= 15 is 0 Å². The summed E-state index contributed by atoms with van der Waals surface area (Å²) in [6.07, 6.45) is 4.80. The number of hydrogen-bond acceptors (Lipinski definition) is 6. The Labute approximate surface area is 169 Å². The smallest absolute Gasteiger partial charge is 0.277 e. The largest absolute Gasteiger partial charge is 0.484 e. The summed E-state index contributed by atoms with van der Waals surface area (Å²) in [4.78, 5) is 24.9. The number of nitro groups is 1. The van der Waals surface area contributed by atoms with Crippen molar-refractivity contribution in [2.75, 3.05) is 24.6 Å². The lowest BCUT2D eigenvalue weighted by Crippen LogP contribution is -2.30. The molecule has 1 aliphatic heterocycles. The molecule has 1 fully saturated rings. The predicted molar refractivity (Wildman–Crippen MR) is 112 cm³/mol. The number of non-ortho nitro benzene ring substituents is 1. The topological polar surface area (TPSA) is 97.1 Å². The number of benzene rings is 2. The fourth-order valence-electron chi connectivity index (χ4n) is 3.24. The molecule has 8 nitrogen and oxygen atoms in total. The SMILES string of the molecule is Cc1cccc(OCC(=O)N/N=C/c2cc([N+](=O)[O-])ccc2N2CCCCC2)c1. The van der Waals surface area contributed by atoms with E-state index in [1.54, 1.807) is 12.1 Å². The van der Waals surface area contributed by atoms with Crippen LogP contribution in [-0.2, 0) is 4.79 Å². The Morgan fingerprint density at radius 1 is 1.24 bits per heavy atom. The number of piperidine rings is 1. The number of carbonyl (C=O) groups excluding carboxylic acids is 1. The van der Waals surface area contributed by atoms with Gasteiger partial charge in [-0.3, -0.25) is 14.9 Å². The maximum Gasteiger partial charge on any atom is 0.277 e. The van der Waals surface area contributed by atoms with E-state index in [0.717, 1.165) is 37.2 Å². The van der Waals surface area contributed by atoms with Crippen molar-refractivity contribution in [2.24, 2.45) is 5.10 Å². The third kappa shape index (κ3) is 5.78. The molecule has 1 aliphatic rings. The second-order valence-corrected chi connectivity index (χ2v) is 6.95. The molecule has 8 heteroatoms. The summed E-state index contributed by atoms with van der Waals surface area (Å²) in [6, 6.07) is 12.1.